The molecule has 0 heterocycles. The summed E-state index contributed by atoms with van der Waals surface area (Å²) >= 11 is 0. The third-order valence-corrected chi connectivity index (χ3v) is 3.91. The van der Waals surface area contributed by atoms with Gasteiger partial charge in [-0.2, -0.15) is 0 Å². The molecule has 0 aliphatic carbocycles. The van der Waals surface area contributed by atoms with Crippen molar-refractivity contribution >= 4 is 0 Å². The zero-order chi connectivity index (χ0) is 18.1. The van der Waals surface area contributed by atoms with Crippen molar-refractivity contribution in [3.63, 3.8) is 0 Å². The highest BCUT2D eigenvalue weighted by atomic mass is 16.5. The molecule has 4 heteroatoms. The van der Waals surface area contributed by atoms with Gasteiger partial charge in [0.1, 0.15) is 5.75 Å². The molecule has 0 saturated carbocycles. The summed E-state index contributed by atoms with van der Waals surface area (Å²) in [6, 6.07) is 18.4. The lowest BCUT2D eigenvalue weighted by Gasteiger charge is -2.26. The molecule has 0 saturated heterocycles. The Morgan fingerprint density at radius 3 is 2.08 bits per heavy atom. The first kappa shape index (κ1) is 19.4. The summed E-state index contributed by atoms with van der Waals surface area (Å²) in [5.41, 5.74) is 2.42. The van der Waals surface area contributed by atoms with Crippen LogP contribution in [0.15, 0.2) is 54.6 Å². The Bertz CT molecular complexity index is 598. The van der Waals surface area contributed by atoms with Crippen molar-refractivity contribution < 1.29 is 14.6 Å². The van der Waals surface area contributed by atoms with Crippen LogP contribution in [0, 0.1) is 0 Å². The normalized spacial score (nSPS) is 12.6. The van der Waals surface area contributed by atoms with E-state index in [-0.39, 0.29) is 6.10 Å². The van der Waals surface area contributed by atoms with Crippen LogP contribution in [0.3, 0.4) is 0 Å². The summed E-state index contributed by atoms with van der Waals surface area (Å²) < 4.78 is 10.8. The Balaban J connectivity index is 2.02. The van der Waals surface area contributed by atoms with Crippen LogP contribution in [-0.4, -0.2) is 42.5 Å². The second kappa shape index (κ2) is 10.2. The fourth-order valence-corrected chi connectivity index (χ4v) is 2.67. The van der Waals surface area contributed by atoms with Crippen molar-refractivity contribution in [3.8, 4) is 5.75 Å². The van der Waals surface area contributed by atoms with Crippen LogP contribution in [0.1, 0.15) is 25.0 Å². The van der Waals surface area contributed by atoms with Gasteiger partial charge in [-0.3, -0.25) is 4.90 Å². The molecule has 0 aliphatic rings. The Morgan fingerprint density at radius 2 is 1.52 bits per heavy atom. The average molecular weight is 343 g/mol. The second-order valence-electron chi connectivity index (χ2n) is 6.54. The van der Waals surface area contributed by atoms with Gasteiger partial charge < -0.3 is 14.6 Å². The largest absolute Gasteiger partial charge is 0.497 e. The van der Waals surface area contributed by atoms with E-state index in [9.17, 15) is 5.11 Å². The zero-order valence-electron chi connectivity index (χ0n) is 15.4. The van der Waals surface area contributed by atoms with Gasteiger partial charge in [-0.1, -0.05) is 42.5 Å². The van der Waals surface area contributed by atoms with Crippen LogP contribution >= 0.6 is 0 Å². The first-order valence-electron chi connectivity index (χ1n) is 8.75. The molecule has 0 aliphatic heterocycles. The van der Waals surface area contributed by atoms with Crippen molar-refractivity contribution in [3.05, 3.63) is 65.7 Å². The van der Waals surface area contributed by atoms with Gasteiger partial charge >= 0.3 is 0 Å². The maximum atomic E-state index is 10.3. The fourth-order valence-electron chi connectivity index (χ4n) is 2.67. The van der Waals surface area contributed by atoms with Crippen LogP contribution in [-0.2, 0) is 17.8 Å². The summed E-state index contributed by atoms with van der Waals surface area (Å²) in [6.45, 7) is 6.42. The Morgan fingerprint density at radius 1 is 0.920 bits per heavy atom. The van der Waals surface area contributed by atoms with Crippen molar-refractivity contribution in [2.45, 2.75) is 39.1 Å². The van der Waals surface area contributed by atoms with Gasteiger partial charge in [0.2, 0.25) is 0 Å². The molecule has 2 rings (SSSR count). The molecule has 4 nitrogen and oxygen atoms in total. The number of rotatable bonds is 10. The smallest absolute Gasteiger partial charge is 0.118 e. The van der Waals surface area contributed by atoms with Gasteiger partial charge in [0, 0.05) is 19.6 Å². The van der Waals surface area contributed by atoms with Gasteiger partial charge in [0.15, 0.2) is 0 Å². The van der Waals surface area contributed by atoms with Crippen molar-refractivity contribution in [2.75, 3.05) is 20.3 Å². The highest BCUT2D eigenvalue weighted by molar-refractivity contribution is 5.27. The molecule has 2 aromatic rings. The van der Waals surface area contributed by atoms with Gasteiger partial charge in [-0.05, 0) is 37.1 Å². The van der Waals surface area contributed by atoms with E-state index in [4.69, 9.17) is 9.47 Å². The number of methoxy groups -OCH3 is 1. The van der Waals surface area contributed by atoms with Gasteiger partial charge in [-0.15, -0.1) is 0 Å². The Kier molecular flexibility index (Phi) is 7.92. The predicted octanol–water partition coefficient (Wildman–Crippen LogP) is 3.48. The van der Waals surface area contributed by atoms with E-state index >= 15 is 0 Å². The minimum Gasteiger partial charge on any atom is -0.497 e. The summed E-state index contributed by atoms with van der Waals surface area (Å²) in [5.74, 6) is 0.851. The maximum Gasteiger partial charge on any atom is 0.118 e. The van der Waals surface area contributed by atoms with Crippen LogP contribution in [0.5, 0.6) is 5.75 Å². The molecule has 25 heavy (non-hydrogen) atoms. The molecule has 0 fully saturated rings. The Hall–Kier alpha value is -1.88. The van der Waals surface area contributed by atoms with Gasteiger partial charge in [0.05, 0.1) is 25.9 Å². The lowest BCUT2D eigenvalue weighted by atomic mass is 10.1. The van der Waals surface area contributed by atoms with E-state index in [1.165, 1.54) is 11.1 Å². The number of aliphatic hydroxyl groups excluding tert-OH is 1. The van der Waals surface area contributed by atoms with E-state index in [2.05, 4.69) is 29.2 Å². The topological polar surface area (TPSA) is 41.9 Å². The molecule has 0 unspecified atom stereocenters. The molecule has 2 aromatic carbocycles. The minimum atomic E-state index is -0.510. The third-order valence-electron chi connectivity index (χ3n) is 3.91. The van der Waals surface area contributed by atoms with Gasteiger partial charge in [0.25, 0.3) is 0 Å². The second-order valence-corrected chi connectivity index (χ2v) is 6.54. The Labute approximate surface area is 151 Å². The average Bonchev–Trinajstić information content (AvgIpc) is 2.61. The maximum absolute atomic E-state index is 10.3. The van der Waals surface area contributed by atoms with Crippen LogP contribution in [0.25, 0.3) is 0 Å². The quantitative estimate of drug-likeness (QED) is 0.717. The minimum absolute atomic E-state index is 0.124. The molecule has 0 spiro atoms. The zero-order valence-corrected chi connectivity index (χ0v) is 15.4. The molecule has 0 radical (unpaired) electrons. The summed E-state index contributed by atoms with van der Waals surface area (Å²) in [6.07, 6.45) is -0.386. The summed E-state index contributed by atoms with van der Waals surface area (Å²) in [7, 11) is 1.67. The lowest BCUT2D eigenvalue weighted by molar-refractivity contribution is -0.0106. The molecular weight excluding hydrogens is 314 g/mol. The first-order chi connectivity index (χ1) is 12.1. The summed E-state index contributed by atoms with van der Waals surface area (Å²) in [4.78, 5) is 2.24. The highest BCUT2D eigenvalue weighted by Gasteiger charge is 2.14. The SMILES string of the molecule is COc1ccc(CN(Cc2ccccc2)C[C@@H](O)COC(C)C)cc1. The van der Waals surface area contributed by atoms with E-state index in [1.807, 2.05) is 44.2 Å². The number of aliphatic hydroxyl groups is 1. The summed E-state index contributed by atoms with van der Waals surface area (Å²) in [5, 5.41) is 10.3. The molecule has 1 N–H and O–H groups in total. The number of nitrogens with zero attached hydrogens (tertiary/aromatic N) is 1. The van der Waals surface area contributed by atoms with Crippen LogP contribution in [0.2, 0.25) is 0 Å². The predicted molar refractivity (Wildman–Crippen MR) is 101 cm³/mol. The molecule has 0 aromatic heterocycles. The van der Waals surface area contributed by atoms with Crippen LogP contribution in [0.4, 0.5) is 0 Å². The van der Waals surface area contributed by atoms with Crippen molar-refractivity contribution in [1.82, 2.24) is 4.90 Å². The number of ether oxygens (including phenoxy) is 2. The van der Waals surface area contributed by atoms with Crippen molar-refractivity contribution in [1.29, 1.82) is 0 Å². The number of hydrogen-bond acceptors (Lipinski definition) is 4. The van der Waals surface area contributed by atoms with Crippen molar-refractivity contribution in [2.24, 2.45) is 0 Å². The molecular formula is C21H29NO3. The monoisotopic (exact) mass is 343 g/mol. The molecule has 0 amide bonds. The molecule has 136 valence electrons. The van der Waals surface area contributed by atoms with Crippen LogP contribution < -0.4 is 4.74 Å². The number of hydrogen-bond donors (Lipinski definition) is 1. The van der Waals surface area contributed by atoms with E-state index < -0.39 is 6.10 Å². The fraction of sp³-hybridized carbons (Fsp3) is 0.429. The van der Waals surface area contributed by atoms with E-state index in [0.29, 0.717) is 13.2 Å². The lowest BCUT2D eigenvalue weighted by Crippen LogP contribution is -2.34. The molecule has 0 bridgehead atoms. The first-order valence-corrected chi connectivity index (χ1v) is 8.75. The number of benzene rings is 2. The molecule has 1 atom stereocenters. The van der Waals surface area contributed by atoms with Gasteiger partial charge in [-0.25, -0.2) is 0 Å². The third kappa shape index (κ3) is 7.26. The highest BCUT2D eigenvalue weighted by Crippen LogP contribution is 2.15. The van der Waals surface area contributed by atoms with E-state index in [0.717, 1.165) is 18.8 Å². The standard InChI is InChI=1S/C21H29NO3/c1-17(2)25-16-20(23)15-22(13-18-7-5-4-6-8-18)14-19-9-11-21(24-3)12-10-19/h4-12,17,20,23H,13-16H2,1-3H3/t20-/m1/s1. The van der Waals surface area contributed by atoms with E-state index in [1.54, 1.807) is 7.11 Å².